The first-order valence-electron chi connectivity index (χ1n) is 2.68. The van der Waals surface area contributed by atoms with E-state index in [1.54, 1.807) is 0 Å². The van der Waals surface area contributed by atoms with Crippen LogP contribution in [-0.2, 0) is 9.68 Å². The molecule has 0 saturated heterocycles. The monoisotopic (exact) mass is 198 g/mol. The average Bonchev–Trinajstić information content (AvgIpc) is 2.04. The van der Waals surface area contributed by atoms with Crippen molar-refractivity contribution in [3.8, 4) is 0 Å². The Morgan fingerprint density at radius 3 is 1.75 bits per heavy atom. The van der Waals surface area contributed by atoms with E-state index >= 15 is 0 Å². The van der Waals surface area contributed by atoms with E-state index in [1.165, 1.54) is 0 Å². The van der Waals surface area contributed by atoms with E-state index in [0.29, 0.717) is 0 Å². The van der Waals surface area contributed by atoms with Gasteiger partial charge in [-0.05, 0) is 0 Å². The molecule has 0 N–H and O–H groups in total. The molecule has 70 valence electrons. The van der Waals surface area contributed by atoms with Crippen molar-refractivity contribution in [3.05, 3.63) is 10.4 Å². The van der Waals surface area contributed by atoms with Crippen LogP contribution in [0.25, 0.3) is 0 Å². The van der Waals surface area contributed by atoms with Crippen molar-refractivity contribution in [2.24, 2.45) is 10.6 Å². The highest BCUT2D eigenvalue weighted by Gasteiger charge is 2.25. The number of nitrogens with zero attached hydrogens (tertiary/aromatic N) is 4. The van der Waals surface area contributed by atoms with Gasteiger partial charge in [0.15, 0.2) is 0 Å². The molecule has 0 amide bonds. The van der Waals surface area contributed by atoms with Crippen molar-refractivity contribution in [2.75, 3.05) is 14.2 Å². The predicted molar refractivity (Wildman–Crippen MR) is 35.8 cm³/mol. The number of hydroxylamine groups is 2. The smallest absolute Gasteiger partial charge is 0.496 e. The summed E-state index contributed by atoms with van der Waals surface area (Å²) in [6.07, 6.45) is 0. The molecule has 0 aliphatic carbocycles. The minimum absolute atomic E-state index is 0.170. The van der Waals surface area contributed by atoms with E-state index < -0.39 is 5.62 Å². The van der Waals surface area contributed by atoms with Crippen molar-refractivity contribution in [1.29, 1.82) is 0 Å². The summed E-state index contributed by atoms with van der Waals surface area (Å²) in [5.74, 6) is 0. The van der Waals surface area contributed by atoms with Gasteiger partial charge >= 0.3 is 5.62 Å². The second-order valence-corrected chi connectivity index (χ2v) is 1.83. The fraction of sp³-hybridized carbons (Fsp3) is 1.00. The lowest BCUT2D eigenvalue weighted by Gasteiger charge is -2.02. The third-order valence-corrected chi connectivity index (χ3v) is 1.02. The minimum atomic E-state index is -1.65. The second kappa shape index (κ2) is 5.35. The largest absolute Gasteiger partial charge is 0.591 e. The Labute approximate surface area is 72.7 Å². The van der Waals surface area contributed by atoms with E-state index in [9.17, 15) is 10.4 Å². The van der Waals surface area contributed by atoms with Gasteiger partial charge in [-0.2, -0.15) is 0 Å². The van der Waals surface area contributed by atoms with Gasteiger partial charge in [0.05, 0.1) is 0 Å². The first kappa shape index (κ1) is 10.7. The van der Waals surface area contributed by atoms with Gasteiger partial charge in [0.1, 0.15) is 14.2 Å². The molecule has 0 bridgehead atoms. The zero-order valence-corrected chi connectivity index (χ0v) is 7.13. The van der Waals surface area contributed by atoms with Gasteiger partial charge in [0.25, 0.3) is 0 Å². The van der Waals surface area contributed by atoms with E-state index in [4.69, 9.17) is 11.6 Å². The van der Waals surface area contributed by atoms with Crippen LogP contribution in [0.5, 0.6) is 0 Å². The highest BCUT2D eigenvalue weighted by molar-refractivity contribution is 6.18. The lowest BCUT2D eigenvalue weighted by molar-refractivity contribution is -0.772. The van der Waals surface area contributed by atoms with Crippen LogP contribution in [0.4, 0.5) is 0 Å². The lowest BCUT2D eigenvalue weighted by Crippen LogP contribution is -2.24. The van der Waals surface area contributed by atoms with Gasteiger partial charge in [-0.15, -0.1) is 0 Å². The van der Waals surface area contributed by atoms with E-state index in [2.05, 4.69) is 20.2 Å². The Morgan fingerprint density at radius 2 is 1.50 bits per heavy atom. The number of rotatable bonds is 4. The molecular formula is C3H7ClN4O4. The molecular weight excluding hydrogens is 192 g/mol. The topological polar surface area (TPSA) is 95.3 Å². The van der Waals surface area contributed by atoms with Crippen LogP contribution in [0.2, 0.25) is 0 Å². The summed E-state index contributed by atoms with van der Waals surface area (Å²) >= 11 is 5.22. The SMILES string of the molecule is CON=[N+]([O-])C(Cl)[N+]([O-])=NOC. The molecule has 0 aromatic carbocycles. The molecule has 0 aromatic rings. The number of hydrogen-bond acceptors (Lipinski definition) is 6. The molecule has 0 aromatic heterocycles. The molecule has 0 fully saturated rings. The molecule has 0 aliphatic heterocycles. The standard InChI is InChI=1S/C3H7ClN4O4/c1-11-5-7(9)3(4)8(10)6-12-2/h3H,1-2H3. The maximum atomic E-state index is 10.6. The van der Waals surface area contributed by atoms with Crippen molar-refractivity contribution >= 4 is 11.6 Å². The zero-order valence-electron chi connectivity index (χ0n) is 6.38. The first-order chi connectivity index (χ1) is 5.63. The molecule has 0 atom stereocenters. The lowest BCUT2D eigenvalue weighted by atomic mass is 11.2. The molecule has 0 unspecified atom stereocenters. The van der Waals surface area contributed by atoms with Crippen molar-refractivity contribution < 1.29 is 19.4 Å². The Hall–Kier alpha value is -1.31. The molecule has 0 aliphatic rings. The van der Waals surface area contributed by atoms with Crippen molar-refractivity contribution in [1.82, 2.24) is 0 Å². The molecule has 0 heterocycles. The molecule has 8 nitrogen and oxygen atoms in total. The van der Waals surface area contributed by atoms with Crippen LogP contribution in [0.15, 0.2) is 10.6 Å². The third-order valence-electron chi connectivity index (χ3n) is 0.689. The van der Waals surface area contributed by atoms with Gasteiger partial charge in [0, 0.05) is 21.3 Å². The highest BCUT2D eigenvalue weighted by atomic mass is 35.5. The normalized spacial score (nSPS) is 15.6. The summed E-state index contributed by atoms with van der Waals surface area (Å²) in [4.78, 5) is 7.78. The van der Waals surface area contributed by atoms with Crippen molar-refractivity contribution in [3.63, 3.8) is 0 Å². The summed E-state index contributed by atoms with van der Waals surface area (Å²) in [6, 6.07) is 0. The first-order valence-corrected chi connectivity index (χ1v) is 3.12. The summed E-state index contributed by atoms with van der Waals surface area (Å²) < 4.78 is 0. The quantitative estimate of drug-likeness (QED) is 0.165. The Balaban J connectivity index is 4.28. The summed E-state index contributed by atoms with van der Waals surface area (Å²) in [5.41, 5.74) is -1.65. The molecule has 9 heteroatoms. The second-order valence-electron chi connectivity index (χ2n) is 1.44. The van der Waals surface area contributed by atoms with Gasteiger partial charge in [-0.25, -0.2) is 0 Å². The molecule has 0 radical (unpaired) electrons. The zero-order chi connectivity index (χ0) is 9.56. The van der Waals surface area contributed by atoms with E-state index in [0.717, 1.165) is 14.2 Å². The van der Waals surface area contributed by atoms with Crippen LogP contribution < -0.4 is 0 Å². The van der Waals surface area contributed by atoms with E-state index in [1.807, 2.05) is 0 Å². The summed E-state index contributed by atoms with van der Waals surface area (Å²) in [5, 5.41) is 26.8. The summed E-state index contributed by atoms with van der Waals surface area (Å²) in [6.45, 7) is 0. The maximum Gasteiger partial charge on any atom is 0.496 e. The van der Waals surface area contributed by atoms with Gasteiger partial charge in [-0.1, -0.05) is 0 Å². The molecule has 0 rings (SSSR count). The van der Waals surface area contributed by atoms with Gasteiger partial charge in [-0.3, -0.25) is 0 Å². The maximum absolute atomic E-state index is 10.6. The Morgan fingerprint density at radius 1 is 1.17 bits per heavy atom. The van der Waals surface area contributed by atoms with Gasteiger partial charge in [0.2, 0.25) is 10.6 Å². The molecule has 0 saturated carbocycles. The van der Waals surface area contributed by atoms with Gasteiger partial charge < -0.3 is 20.1 Å². The third kappa shape index (κ3) is 3.19. The minimum Gasteiger partial charge on any atom is -0.591 e. The fourth-order valence-corrected chi connectivity index (χ4v) is 0.395. The number of alkyl halides is 1. The molecule has 0 spiro atoms. The Kier molecular flexibility index (Phi) is 4.77. The summed E-state index contributed by atoms with van der Waals surface area (Å²) in [7, 11) is 2.27. The fourth-order valence-electron chi connectivity index (χ4n) is 0.323. The predicted octanol–water partition coefficient (Wildman–Crippen LogP) is 0.557. The van der Waals surface area contributed by atoms with Crippen LogP contribution in [-0.4, -0.2) is 29.6 Å². The van der Waals surface area contributed by atoms with E-state index in [-0.39, 0.29) is 9.72 Å². The van der Waals surface area contributed by atoms with Crippen LogP contribution in [0.1, 0.15) is 0 Å². The van der Waals surface area contributed by atoms with Crippen LogP contribution in [0.3, 0.4) is 0 Å². The number of halogens is 1. The molecule has 12 heavy (non-hydrogen) atoms. The number of hydrogen-bond donors (Lipinski definition) is 0. The Bertz CT molecular complexity index is 175. The van der Waals surface area contributed by atoms with Crippen LogP contribution >= 0.6 is 11.6 Å². The van der Waals surface area contributed by atoms with Crippen molar-refractivity contribution in [2.45, 2.75) is 5.62 Å². The highest BCUT2D eigenvalue weighted by Crippen LogP contribution is 2.00. The average molecular weight is 199 g/mol. The van der Waals surface area contributed by atoms with Crippen LogP contribution in [0, 0.1) is 10.4 Å².